The number of carbonyl (C=O) groups is 1. The zero-order valence-electron chi connectivity index (χ0n) is 15.6. The van der Waals surface area contributed by atoms with E-state index in [0.29, 0.717) is 0 Å². The number of ether oxygens (including phenoxy) is 2. The number of hydrogen-bond donors (Lipinski definition) is 2. The molecule has 0 atom stereocenters. The number of amides is 2. The van der Waals surface area contributed by atoms with Crippen LogP contribution in [0, 0.1) is 0 Å². The van der Waals surface area contributed by atoms with Crippen molar-refractivity contribution in [1.29, 1.82) is 0 Å². The summed E-state index contributed by atoms with van der Waals surface area (Å²) in [7, 11) is -0.811. The van der Waals surface area contributed by atoms with Gasteiger partial charge in [0, 0.05) is 0 Å². The van der Waals surface area contributed by atoms with Crippen LogP contribution in [0.25, 0.3) is 11.1 Å². The van der Waals surface area contributed by atoms with Gasteiger partial charge in [-0.1, -0.05) is 60.7 Å². The number of nitrogens with zero attached hydrogens (tertiary/aromatic N) is 4. The third kappa shape index (κ3) is 6.14. The maximum absolute atomic E-state index is 10.9. The molecule has 0 aliphatic carbocycles. The van der Waals surface area contributed by atoms with Crippen LogP contribution in [-0.2, 0) is 10.9 Å². The highest BCUT2D eigenvalue weighted by atomic mass is 32.2. The Balaban J connectivity index is 0.000000218. The van der Waals surface area contributed by atoms with Gasteiger partial charge in [0.2, 0.25) is 10.9 Å². The van der Waals surface area contributed by atoms with E-state index >= 15 is 0 Å². The lowest BCUT2D eigenvalue weighted by Crippen LogP contribution is -2.35. The number of urea groups is 1. The predicted molar refractivity (Wildman–Crippen MR) is 107 cm³/mol. The van der Waals surface area contributed by atoms with Crippen LogP contribution in [0.3, 0.4) is 0 Å². The lowest BCUT2D eigenvalue weighted by atomic mass is 10.1. The Morgan fingerprint density at radius 1 is 0.828 bits per heavy atom. The summed E-state index contributed by atoms with van der Waals surface area (Å²) in [6.45, 7) is 0. The van der Waals surface area contributed by atoms with Gasteiger partial charge < -0.3 is 15.2 Å². The summed E-state index contributed by atoms with van der Waals surface area (Å²) in [5.74, 6) is -0.502. The molecule has 0 spiro atoms. The van der Waals surface area contributed by atoms with E-state index in [1.54, 1.807) is 0 Å². The monoisotopic (exact) mass is 417 g/mol. The van der Waals surface area contributed by atoms with E-state index in [1.165, 1.54) is 25.3 Å². The van der Waals surface area contributed by atoms with Gasteiger partial charge in [-0.3, -0.25) is 0 Å². The van der Waals surface area contributed by atoms with Gasteiger partial charge in [0.1, 0.15) is 0 Å². The highest BCUT2D eigenvalue weighted by Crippen LogP contribution is 2.17. The topological polar surface area (TPSA) is 138 Å². The van der Waals surface area contributed by atoms with E-state index < -0.39 is 22.9 Å². The molecule has 0 radical (unpaired) electrons. The van der Waals surface area contributed by atoms with Gasteiger partial charge in [-0.05, 0) is 11.1 Å². The van der Waals surface area contributed by atoms with Crippen LogP contribution in [-0.4, -0.2) is 43.6 Å². The van der Waals surface area contributed by atoms with Gasteiger partial charge in [-0.25, -0.2) is 13.2 Å². The van der Waals surface area contributed by atoms with Gasteiger partial charge in [0.25, 0.3) is 5.95 Å². The highest BCUT2D eigenvalue weighted by Gasteiger charge is 2.21. The number of hydrogen-bond acceptors (Lipinski definition) is 8. The Bertz CT molecular complexity index is 948. The minimum absolute atomic E-state index is 0.169. The standard InChI is InChI=1S/C12H10.C6H9N5O5S/c1-3-7-11(8-4-1)12-9-5-2-6-10-12;1-15-5-8-4(9-6(10-5)16-2)11(3(7)12)17(13)14/h1-10H;17H,1-2H3,(H2,7,12). The van der Waals surface area contributed by atoms with Gasteiger partial charge in [-0.15, -0.1) is 4.98 Å². The van der Waals surface area contributed by atoms with E-state index in [1.807, 2.05) is 12.1 Å². The largest absolute Gasteiger partial charge is 0.467 e. The van der Waals surface area contributed by atoms with Crippen molar-refractivity contribution in [2.24, 2.45) is 5.73 Å². The quantitative estimate of drug-likeness (QED) is 0.598. The smallest absolute Gasteiger partial charge is 0.335 e. The molecule has 0 bridgehead atoms. The van der Waals surface area contributed by atoms with Crippen LogP contribution in [0.5, 0.6) is 12.0 Å². The van der Waals surface area contributed by atoms with Crippen molar-refractivity contribution in [3.05, 3.63) is 60.7 Å². The number of anilines is 1. The molecular formula is C18H19N5O5S. The van der Waals surface area contributed by atoms with E-state index in [0.717, 1.165) is 0 Å². The number of rotatable bonds is 5. The number of benzene rings is 2. The summed E-state index contributed by atoms with van der Waals surface area (Å²) < 4.78 is 31.2. The van der Waals surface area contributed by atoms with Crippen molar-refractivity contribution in [1.82, 2.24) is 15.0 Å². The highest BCUT2D eigenvalue weighted by molar-refractivity contribution is 7.75. The third-order valence-electron chi connectivity index (χ3n) is 3.39. The Morgan fingerprint density at radius 2 is 1.24 bits per heavy atom. The van der Waals surface area contributed by atoms with Crippen LogP contribution in [0.4, 0.5) is 10.7 Å². The van der Waals surface area contributed by atoms with E-state index in [2.05, 4.69) is 73.0 Å². The fourth-order valence-electron chi connectivity index (χ4n) is 2.12. The number of methoxy groups -OCH3 is 2. The molecule has 1 heterocycles. The van der Waals surface area contributed by atoms with Crippen molar-refractivity contribution in [2.75, 3.05) is 18.5 Å². The molecule has 1 aromatic heterocycles. The van der Waals surface area contributed by atoms with Crippen LogP contribution in [0.2, 0.25) is 0 Å². The summed E-state index contributed by atoms with van der Waals surface area (Å²) >= 11 is 0. The fourth-order valence-corrected chi connectivity index (χ4v) is 2.51. The maximum Gasteiger partial charge on any atom is 0.335 e. The zero-order chi connectivity index (χ0) is 21.2. The van der Waals surface area contributed by atoms with Crippen molar-refractivity contribution in [2.45, 2.75) is 0 Å². The summed E-state index contributed by atoms with van der Waals surface area (Å²) in [6, 6.07) is 19.1. The molecule has 2 aromatic carbocycles. The van der Waals surface area contributed by atoms with Gasteiger partial charge >= 0.3 is 18.1 Å². The molecule has 0 saturated heterocycles. The second kappa shape index (κ2) is 10.6. The number of thiol groups is 1. The molecule has 11 heteroatoms. The van der Waals surface area contributed by atoms with Crippen LogP contribution in [0.1, 0.15) is 0 Å². The summed E-state index contributed by atoms with van der Waals surface area (Å²) in [4.78, 5) is 21.7. The van der Waals surface area contributed by atoms with E-state index in [9.17, 15) is 13.2 Å². The van der Waals surface area contributed by atoms with Crippen LogP contribution >= 0.6 is 0 Å². The molecule has 10 nitrogen and oxygen atoms in total. The number of carbonyl (C=O) groups excluding carboxylic acids is 1. The van der Waals surface area contributed by atoms with Gasteiger partial charge in [0.15, 0.2) is 0 Å². The second-order valence-electron chi connectivity index (χ2n) is 5.23. The van der Waals surface area contributed by atoms with Crippen molar-refractivity contribution >= 4 is 22.9 Å². The molecule has 0 fully saturated rings. The molecule has 0 unspecified atom stereocenters. The fraction of sp³-hybridized carbons (Fsp3) is 0.111. The Hall–Kier alpha value is -3.73. The minimum atomic E-state index is -3.32. The van der Waals surface area contributed by atoms with Crippen molar-refractivity contribution < 1.29 is 22.7 Å². The predicted octanol–water partition coefficient (Wildman–Crippen LogP) is 1.65. The minimum Gasteiger partial charge on any atom is -0.467 e. The summed E-state index contributed by atoms with van der Waals surface area (Å²) in [5, 5.41) is 0. The molecule has 3 aromatic rings. The average Bonchev–Trinajstić information content (AvgIpc) is 2.74. The number of aromatic nitrogens is 3. The average molecular weight is 417 g/mol. The first-order valence-electron chi connectivity index (χ1n) is 8.14. The van der Waals surface area contributed by atoms with Crippen LogP contribution < -0.4 is 19.5 Å². The van der Waals surface area contributed by atoms with Crippen LogP contribution in [0.15, 0.2) is 60.7 Å². The second-order valence-corrected chi connectivity index (χ2v) is 6.10. The third-order valence-corrected chi connectivity index (χ3v) is 4.09. The first-order valence-corrected chi connectivity index (χ1v) is 9.27. The normalized spacial score (nSPS) is 9.90. The first kappa shape index (κ1) is 21.6. The van der Waals surface area contributed by atoms with Gasteiger partial charge in [0.05, 0.1) is 14.2 Å². The molecular weight excluding hydrogens is 398 g/mol. The lowest BCUT2D eigenvalue weighted by Gasteiger charge is -2.11. The summed E-state index contributed by atoms with van der Waals surface area (Å²) in [5.41, 5.74) is 7.43. The molecule has 0 aliphatic rings. The number of primary amides is 1. The molecule has 0 saturated carbocycles. The molecule has 2 amide bonds. The number of nitrogens with two attached hydrogens (primary N) is 1. The van der Waals surface area contributed by atoms with Gasteiger partial charge in [-0.2, -0.15) is 14.3 Å². The molecule has 2 N–H and O–H groups in total. The Morgan fingerprint density at radius 3 is 1.55 bits per heavy atom. The Kier molecular flexibility index (Phi) is 7.86. The van der Waals surface area contributed by atoms with E-state index in [4.69, 9.17) is 5.73 Å². The zero-order valence-corrected chi connectivity index (χ0v) is 16.5. The first-order chi connectivity index (χ1) is 14.0. The van der Waals surface area contributed by atoms with Crippen molar-refractivity contribution in [3.63, 3.8) is 0 Å². The van der Waals surface area contributed by atoms with Crippen molar-refractivity contribution in [3.8, 4) is 23.1 Å². The SMILES string of the molecule is COc1nc(OC)nc(N(C(N)=O)[SH](=O)=O)n1.c1ccc(-c2ccccc2)cc1. The molecule has 29 heavy (non-hydrogen) atoms. The maximum atomic E-state index is 10.9. The molecule has 3 rings (SSSR count). The lowest BCUT2D eigenvalue weighted by molar-refractivity contribution is 0.256. The summed E-state index contributed by atoms with van der Waals surface area (Å²) in [6.07, 6.45) is 0. The molecule has 0 aliphatic heterocycles. The molecule has 152 valence electrons. The Labute approximate surface area is 169 Å². The van der Waals surface area contributed by atoms with E-state index in [-0.39, 0.29) is 16.3 Å².